The van der Waals surface area contributed by atoms with Crippen LogP contribution in [0.15, 0.2) is 24.5 Å². The first-order valence-corrected chi connectivity index (χ1v) is 13.1. The van der Waals surface area contributed by atoms with E-state index < -0.39 is 23.6 Å². The first-order chi connectivity index (χ1) is 17.1. The molecule has 2 aromatic rings. The van der Waals surface area contributed by atoms with Gasteiger partial charge in [-0.25, -0.2) is 13.6 Å². The zero-order valence-corrected chi connectivity index (χ0v) is 23.2. The van der Waals surface area contributed by atoms with Crippen molar-refractivity contribution in [3.8, 4) is 11.3 Å². The van der Waals surface area contributed by atoms with E-state index in [1.54, 1.807) is 19.2 Å². The van der Waals surface area contributed by atoms with Gasteiger partial charge in [0.25, 0.3) is 5.92 Å². The highest BCUT2D eigenvalue weighted by Gasteiger charge is 2.36. The van der Waals surface area contributed by atoms with Gasteiger partial charge in [-0.05, 0) is 64.5 Å². The summed E-state index contributed by atoms with van der Waals surface area (Å²) >= 11 is 0. The summed E-state index contributed by atoms with van der Waals surface area (Å²) < 4.78 is 35.3. The van der Waals surface area contributed by atoms with Gasteiger partial charge in [0.2, 0.25) is 0 Å². The molecule has 37 heavy (non-hydrogen) atoms. The Labute approximate surface area is 219 Å². The normalized spacial score (nSPS) is 17.1. The average Bonchev–Trinajstić information content (AvgIpc) is 2.81. The Morgan fingerprint density at radius 2 is 1.81 bits per heavy atom. The van der Waals surface area contributed by atoms with Crippen molar-refractivity contribution < 1.29 is 23.4 Å². The second-order valence-corrected chi connectivity index (χ2v) is 11.9. The van der Waals surface area contributed by atoms with Crippen LogP contribution in [-0.2, 0) is 15.5 Å². The van der Waals surface area contributed by atoms with Gasteiger partial charge >= 0.3 is 5.97 Å². The summed E-state index contributed by atoms with van der Waals surface area (Å²) in [5.41, 5.74) is 2.19. The number of hydrogen-bond donors (Lipinski definition) is 1. The molecular formula is C29H41F2N3O3. The van der Waals surface area contributed by atoms with E-state index in [0.717, 1.165) is 25.9 Å². The molecule has 0 bridgehead atoms. The Morgan fingerprint density at radius 3 is 2.32 bits per heavy atom. The van der Waals surface area contributed by atoms with Crippen molar-refractivity contribution in [1.29, 1.82) is 0 Å². The lowest BCUT2D eigenvalue weighted by atomic mass is 9.82. The molecule has 0 aliphatic carbocycles. The van der Waals surface area contributed by atoms with Gasteiger partial charge in [-0.1, -0.05) is 27.2 Å². The number of nitrogens with zero attached hydrogens (tertiary/aromatic N) is 3. The number of piperidine rings is 1. The van der Waals surface area contributed by atoms with Crippen molar-refractivity contribution in [1.82, 2.24) is 9.97 Å². The van der Waals surface area contributed by atoms with E-state index >= 15 is 0 Å². The van der Waals surface area contributed by atoms with Crippen LogP contribution in [0.4, 0.5) is 14.5 Å². The molecule has 204 valence electrons. The smallest absolute Gasteiger partial charge is 0.337 e. The number of aromatic nitrogens is 2. The number of unbranched alkanes of at least 4 members (excludes halogenated alkanes) is 1. The van der Waals surface area contributed by atoms with Crippen LogP contribution >= 0.6 is 0 Å². The van der Waals surface area contributed by atoms with Crippen LogP contribution < -0.4 is 4.90 Å². The molecule has 1 saturated heterocycles. The van der Waals surface area contributed by atoms with E-state index in [2.05, 4.69) is 28.7 Å². The number of aryl methyl sites for hydroxylation is 1. The average molecular weight is 518 g/mol. The number of halogens is 2. The monoisotopic (exact) mass is 517 g/mol. The van der Waals surface area contributed by atoms with Crippen molar-refractivity contribution in [2.45, 2.75) is 98.2 Å². The minimum Gasteiger partial charge on any atom is -0.479 e. The third kappa shape index (κ3) is 7.03. The summed E-state index contributed by atoms with van der Waals surface area (Å²) in [6.07, 6.45) is 4.42. The fourth-order valence-corrected chi connectivity index (χ4v) is 4.69. The van der Waals surface area contributed by atoms with Crippen LogP contribution in [0.3, 0.4) is 0 Å². The number of alkyl halides is 2. The molecule has 1 fully saturated rings. The molecule has 0 aromatic carbocycles. The summed E-state index contributed by atoms with van der Waals surface area (Å²) in [5.74, 6) is -4.05. The Kier molecular flexibility index (Phi) is 8.62. The van der Waals surface area contributed by atoms with Gasteiger partial charge in [-0.2, -0.15) is 0 Å². The number of pyridine rings is 2. The lowest BCUT2D eigenvalue weighted by Crippen LogP contribution is -2.39. The topological polar surface area (TPSA) is 75.6 Å². The fraction of sp³-hybridized carbons (Fsp3) is 0.621. The molecule has 1 aliphatic heterocycles. The minimum absolute atomic E-state index is 0.120. The summed E-state index contributed by atoms with van der Waals surface area (Å²) in [4.78, 5) is 23.6. The Hall–Kier alpha value is -2.61. The first kappa shape index (κ1) is 29.0. The van der Waals surface area contributed by atoms with Gasteiger partial charge in [0.1, 0.15) is 0 Å². The molecule has 0 radical (unpaired) electrons. The first-order valence-electron chi connectivity index (χ1n) is 13.1. The van der Waals surface area contributed by atoms with E-state index in [-0.39, 0.29) is 17.4 Å². The van der Waals surface area contributed by atoms with Crippen molar-refractivity contribution in [3.63, 3.8) is 0 Å². The zero-order chi connectivity index (χ0) is 27.6. The van der Waals surface area contributed by atoms with E-state index in [1.807, 2.05) is 27.7 Å². The van der Waals surface area contributed by atoms with Gasteiger partial charge in [0.05, 0.1) is 17.0 Å². The largest absolute Gasteiger partial charge is 0.479 e. The van der Waals surface area contributed by atoms with E-state index in [0.29, 0.717) is 41.0 Å². The highest BCUT2D eigenvalue weighted by Crippen LogP contribution is 2.43. The second-order valence-electron chi connectivity index (χ2n) is 11.9. The van der Waals surface area contributed by atoms with Crippen molar-refractivity contribution >= 4 is 11.7 Å². The molecule has 1 N–H and O–H groups in total. The van der Waals surface area contributed by atoms with Gasteiger partial charge in [-0.15, -0.1) is 0 Å². The molecule has 2 aromatic heterocycles. The molecule has 3 rings (SSSR count). The minimum atomic E-state index is -2.95. The quantitative estimate of drug-likeness (QED) is 0.376. The molecule has 3 heterocycles. The molecular weight excluding hydrogens is 476 g/mol. The van der Waals surface area contributed by atoms with Crippen LogP contribution in [0.1, 0.15) is 96.6 Å². The Balaban J connectivity index is 2.16. The van der Waals surface area contributed by atoms with Crippen molar-refractivity contribution in [3.05, 3.63) is 41.3 Å². The summed E-state index contributed by atoms with van der Waals surface area (Å²) in [6.45, 7) is 15.0. The van der Waals surface area contributed by atoms with E-state index in [1.165, 1.54) is 12.3 Å². The zero-order valence-electron chi connectivity index (χ0n) is 23.2. The maximum Gasteiger partial charge on any atom is 0.337 e. The van der Waals surface area contributed by atoms with Gasteiger partial charge in [-0.3, -0.25) is 9.97 Å². The standard InChI is InChI=1S/C29H41F2N3O3/c1-8-9-12-29(30,31)20-10-11-22(33-17-20)21-18-32-19(2)23(25(26(35)36)37-27(3,4)5)24(21)34-15-13-28(6,7)14-16-34/h10-11,17-18,25H,8-9,12-16H2,1-7H3,(H,35,36). The summed E-state index contributed by atoms with van der Waals surface area (Å²) in [7, 11) is 0. The lowest BCUT2D eigenvalue weighted by molar-refractivity contribution is -0.160. The number of rotatable bonds is 9. The predicted molar refractivity (Wildman–Crippen MR) is 142 cm³/mol. The van der Waals surface area contributed by atoms with Crippen molar-refractivity contribution in [2.24, 2.45) is 5.41 Å². The third-order valence-electron chi connectivity index (χ3n) is 6.98. The van der Waals surface area contributed by atoms with Crippen molar-refractivity contribution in [2.75, 3.05) is 18.0 Å². The van der Waals surface area contributed by atoms with Crippen LogP contribution in [0, 0.1) is 12.3 Å². The summed E-state index contributed by atoms with van der Waals surface area (Å²) in [6, 6.07) is 3.00. The molecule has 8 heteroatoms. The van der Waals surface area contributed by atoms with E-state index in [4.69, 9.17) is 4.74 Å². The maximum absolute atomic E-state index is 14.6. The van der Waals surface area contributed by atoms with Gasteiger partial charge in [0.15, 0.2) is 6.10 Å². The molecule has 1 aliphatic rings. The van der Waals surface area contributed by atoms with E-state index in [9.17, 15) is 18.7 Å². The number of aliphatic carboxylic acids is 1. The molecule has 6 nitrogen and oxygen atoms in total. The number of carbonyl (C=O) groups is 1. The highest BCUT2D eigenvalue weighted by atomic mass is 19.3. The third-order valence-corrected chi connectivity index (χ3v) is 6.98. The number of carboxylic acids is 1. The second kappa shape index (κ2) is 11.0. The van der Waals surface area contributed by atoms with Crippen LogP contribution in [0.2, 0.25) is 0 Å². The lowest BCUT2D eigenvalue weighted by Gasteiger charge is -2.40. The van der Waals surface area contributed by atoms with Gasteiger partial charge in [0, 0.05) is 54.3 Å². The number of ether oxygens (including phenoxy) is 1. The molecule has 0 spiro atoms. The Bertz CT molecular complexity index is 1080. The number of hydrogen-bond acceptors (Lipinski definition) is 5. The van der Waals surface area contributed by atoms with Gasteiger partial charge < -0.3 is 14.7 Å². The molecule has 1 atom stereocenters. The SMILES string of the molecule is CCCCC(F)(F)c1ccc(-c2cnc(C)c(C(OC(C)(C)C)C(=O)O)c2N2CCC(C)(C)CC2)nc1. The number of anilines is 1. The molecule has 0 saturated carbocycles. The molecule has 0 amide bonds. The highest BCUT2D eigenvalue weighted by molar-refractivity contribution is 5.85. The molecule has 1 unspecified atom stereocenters. The van der Waals surface area contributed by atoms with Crippen LogP contribution in [0.5, 0.6) is 0 Å². The Morgan fingerprint density at radius 1 is 1.16 bits per heavy atom. The van der Waals surface area contributed by atoms with Crippen LogP contribution in [0.25, 0.3) is 11.3 Å². The predicted octanol–water partition coefficient (Wildman–Crippen LogP) is 7.30. The fourth-order valence-electron chi connectivity index (χ4n) is 4.69. The number of carboxylic acid groups (broad SMARTS) is 1. The van der Waals surface area contributed by atoms with Crippen LogP contribution in [-0.4, -0.2) is 39.7 Å². The maximum atomic E-state index is 14.6. The summed E-state index contributed by atoms with van der Waals surface area (Å²) in [5, 5.41) is 10.2.